The minimum atomic E-state index is -0.579. The van der Waals surface area contributed by atoms with Crippen LogP contribution in [0.2, 0.25) is 0 Å². The Morgan fingerprint density at radius 2 is 1.86 bits per heavy atom. The molecular weight excluding hydrogens is 368 g/mol. The molecule has 4 rings (SSSR count). The van der Waals surface area contributed by atoms with Gasteiger partial charge in [-0.2, -0.15) is 0 Å². The van der Waals surface area contributed by atoms with Gasteiger partial charge >= 0.3 is 5.63 Å². The second kappa shape index (κ2) is 8.99. The summed E-state index contributed by atoms with van der Waals surface area (Å²) in [4.78, 5) is 29.8. The maximum atomic E-state index is 13.0. The lowest BCUT2D eigenvalue weighted by molar-refractivity contribution is 0.0520. The predicted octanol–water partition coefficient (Wildman–Crippen LogP) is 3.67. The molecule has 1 aromatic carbocycles. The van der Waals surface area contributed by atoms with Crippen LogP contribution < -0.4 is 10.4 Å². The number of hydrogen-bond acceptors (Lipinski definition) is 5. The van der Waals surface area contributed by atoms with Crippen LogP contribution in [0.4, 0.5) is 0 Å². The van der Waals surface area contributed by atoms with Crippen LogP contribution in [0.5, 0.6) is 5.75 Å². The fourth-order valence-corrected chi connectivity index (χ4v) is 4.46. The van der Waals surface area contributed by atoms with E-state index in [1.807, 2.05) is 19.1 Å². The second-order valence-electron chi connectivity index (χ2n) is 8.12. The van der Waals surface area contributed by atoms with E-state index in [1.165, 1.54) is 32.1 Å². The third kappa shape index (κ3) is 4.47. The van der Waals surface area contributed by atoms with Gasteiger partial charge in [0.25, 0.3) is 5.91 Å². The summed E-state index contributed by atoms with van der Waals surface area (Å²) in [5, 5.41) is 0.734. The van der Waals surface area contributed by atoms with Gasteiger partial charge in [-0.15, -0.1) is 0 Å². The Morgan fingerprint density at radius 3 is 2.59 bits per heavy atom. The van der Waals surface area contributed by atoms with Gasteiger partial charge in [-0.05, 0) is 37.5 Å². The molecule has 6 heteroatoms. The zero-order valence-electron chi connectivity index (χ0n) is 17.2. The molecular formula is C23H30N2O4. The van der Waals surface area contributed by atoms with Crippen molar-refractivity contribution in [2.75, 3.05) is 32.8 Å². The Hall–Kier alpha value is -2.34. The van der Waals surface area contributed by atoms with Gasteiger partial charge in [0.1, 0.15) is 16.9 Å². The number of piperazine rings is 1. The molecule has 0 bridgehead atoms. The Kier molecular flexibility index (Phi) is 6.19. The third-order valence-electron chi connectivity index (χ3n) is 6.10. The van der Waals surface area contributed by atoms with Crippen molar-refractivity contribution in [1.82, 2.24) is 9.80 Å². The van der Waals surface area contributed by atoms with Gasteiger partial charge in [0.15, 0.2) is 0 Å². The Labute approximate surface area is 171 Å². The van der Waals surface area contributed by atoms with Crippen molar-refractivity contribution in [2.45, 2.75) is 51.5 Å². The van der Waals surface area contributed by atoms with Gasteiger partial charge in [-0.1, -0.05) is 26.2 Å². The molecule has 29 heavy (non-hydrogen) atoms. The van der Waals surface area contributed by atoms with Gasteiger partial charge in [0.05, 0.1) is 6.61 Å². The van der Waals surface area contributed by atoms with E-state index in [0.717, 1.165) is 24.9 Å². The molecule has 1 aromatic heterocycles. The van der Waals surface area contributed by atoms with Crippen LogP contribution in [-0.2, 0) is 0 Å². The smallest absolute Gasteiger partial charge is 0.349 e. The van der Waals surface area contributed by atoms with Crippen molar-refractivity contribution in [1.29, 1.82) is 0 Å². The molecule has 0 atom stereocenters. The SMILES string of the molecule is CCCOc1ccc2cc(C(=O)N3CCN(C4CCCCC4)CC3)c(=O)oc2c1. The van der Waals surface area contributed by atoms with E-state index in [1.54, 1.807) is 17.0 Å². The molecule has 0 radical (unpaired) electrons. The van der Waals surface area contributed by atoms with Crippen molar-refractivity contribution in [3.8, 4) is 5.75 Å². The van der Waals surface area contributed by atoms with Crippen LogP contribution in [0.25, 0.3) is 11.0 Å². The Morgan fingerprint density at radius 1 is 1.10 bits per heavy atom. The molecule has 1 aliphatic heterocycles. The topological polar surface area (TPSA) is 63.0 Å². The van der Waals surface area contributed by atoms with Crippen molar-refractivity contribution in [3.63, 3.8) is 0 Å². The average Bonchev–Trinajstić information content (AvgIpc) is 2.77. The summed E-state index contributed by atoms with van der Waals surface area (Å²) >= 11 is 0. The monoisotopic (exact) mass is 398 g/mol. The van der Waals surface area contributed by atoms with Gasteiger partial charge in [-0.25, -0.2) is 4.79 Å². The van der Waals surface area contributed by atoms with Gasteiger partial charge in [0, 0.05) is 43.7 Å². The minimum Gasteiger partial charge on any atom is -0.493 e. The molecule has 1 amide bonds. The number of nitrogens with zero attached hydrogens (tertiary/aromatic N) is 2. The molecule has 2 heterocycles. The van der Waals surface area contributed by atoms with E-state index in [9.17, 15) is 9.59 Å². The molecule has 156 valence electrons. The van der Waals surface area contributed by atoms with E-state index in [2.05, 4.69) is 4.90 Å². The molecule has 2 aromatic rings. The molecule has 2 fully saturated rings. The highest BCUT2D eigenvalue weighted by Crippen LogP contribution is 2.24. The van der Waals surface area contributed by atoms with E-state index in [0.29, 0.717) is 37.1 Å². The maximum Gasteiger partial charge on any atom is 0.349 e. The number of carbonyl (C=O) groups excluding carboxylic acids is 1. The highest BCUT2D eigenvalue weighted by Gasteiger charge is 2.28. The summed E-state index contributed by atoms with van der Waals surface area (Å²) < 4.78 is 11.0. The zero-order valence-corrected chi connectivity index (χ0v) is 17.2. The quantitative estimate of drug-likeness (QED) is 0.719. The first kappa shape index (κ1) is 20.0. The number of ether oxygens (including phenoxy) is 1. The van der Waals surface area contributed by atoms with Crippen LogP contribution in [-0.4, -0.2) is 54.5 Å². The zero-order chi connectivity index (χ0) is 20.2. The van der Waals surface area contributed by atoms with Crippen molar-refractivity contribution in [3.05, 3.63) is 40.2 Å². The standard InChI is InChI=1S/C23H30N2O4/c1-2-14-28-19-9-8-17-15-20(23(27)29-21(17)16-19)22(26)25-12-10-24(11-13-25)18-6-4-3-5-7-18/h8-9,15-16,18H,2-7,10-14H2,1H3. The molecule has 0 N–H and O–H groups in total. The number of amides is 1. The third-order valence-corrected chi connectivity index (χ3v) is 6.10. The Balaban J connectivity index is 1.45. The number of benzene rings is 1. The minimum absolute atomic E-state index is 0.117. The van der Waals surface area contributed by atoms with Crippen LogP contribution in [0.1, 0.15) is 55.8 Å². The van der Waals surface area contributed by atoms with E-state index < -0.39 is 5.63 Å². The van der Waals surface area contributed by atoms with E-state index >= 15 is 0 Å². The molecule has 0 spiro atoms. The highest BCUT2D eigenvalue weighted by molar-refractivity contribution is 5.96. The molecule has 6 nitrogen and oxygen atoms in total. The van der Waals surface area contributed by atoms with Crippen LogP contribution in [0.3, 0.4) is 0 Å². The molecule has 1 saturated carbocycles. The van der Waals surface area contributed by atoms with E-state index in [4.69, 9.17) is 9.15 Å². The number of carbonyl (C=O) groups is 1. The predicted molar refractivity (Wildman–Crippen MR) is 113 cm³/mol. The van der Waals surface area contributed by atoms with Crippen molar-refractivity contribution >= 4 is 16.9 Å². The lowest BCUT2D eigenvalue weighted by Crippen LogP contribution is -2.52. The summed E-state index contributed by atoms with van der Waals surface area (Å²) in [7, 11) is 0. The number of hydrogen-bond donors (Lipinski definition) is 0. The largest absolute Gasteiger partial charge is 0.493 e. The fraction of sp³-hybridized carbons (Fsp3) is 0.565. The maximum absolute atomic E-state index is 13.0. The van der Waals surface area contributed by atoms with Crippen LogP contribution in [0, 0.1) is 0 Å². The van der Waals surface area contributed by atoms with Crippen LogP contribution in [0.15, 0.2) is 33.5 Å². The van der Waals surface area contributed by atoms with Crippen molar-refractivity contribution < 1.29 is 13.9 Å². The summed E-state index contributed by atoms with van der Waals surface area (Å²) in [5.74, 6) is 0.440. The first-order valence-electron chi connectivity index (χ1n) is 10.9. The fourth-order valence-electron chi connectivity index (χ4n) is 4.46. The highest BCUT2D eigenvalue weighted by atomic mass is 16.5. The summed E-state index contributed by atoms with van der Waals surface area (Å²) in [6.45, 7) is 5.74. The van der Waals surface area contributed by atoms with E-state index in [-0.39, 0.29) is 11.5 Å². The molecule has 0 unspecified atom stereocenters. The summed E-state index contributed by atoms with van der Waals surface area (Å²) in [6.07, 6.45) is 7.42. The normalized spacial score (nSPS) is 18.9. The molecule has 1 aliphatic carbocycles. The lowest BCUT2D eigenvalue weighted by atomic mass is 9.94. The van der Waals surface area contributed by atoms with Gasteiger partial charge in [-0.3, -0.25) is 9.69 Å². The first-order chi connectivity index (χ1) is 14.2. The molecule has 2 aliphatic rings. The Bertz CT molecular complexity index is 909. The second-order valence-corrected chi connectivity index (χ2v) is 8.12. The summed E-state index contributed by atoms with van der Waals surface area (Å²) in [5.41, 5.74) is -0.0158. The number of fused-ring (bicyclic) bond motifs is 1. The first-order valence-corrected chi connectivity index (χ1v) is 10.9. The van der Waals surface area contributed by atoms with Gasteiger partial charge in [0.2, 0.25) is 0 Å². The van der Waals surface area contributed by atoms with Crippen LogP contribution >= 0.6 is 0 Å². The summed E-state index contributed by atoms with van der Waals surface area (Å²) in [6, 6.07) is 7.70. The number of rotatable bonds is 5. The van der Waals surface area contributed by atoms with Crippen molar-refractivity contribution in [2.24, 2.45) is 0 Å². The lowest BCUT2D eigenvalue weighted by Gasteiger charge is -2.40. The average molecular weight is 399 g/mol. The molecule has 1 saturated heterocycles. The van der Waals surface area contributed by atoms with Gasteiger partial charge < -0.3 is 14.1 Å².